The molecule has 2 fully saturated rings. The summed E-state index contributed by atoms with van der Waals surface area (Å²) in [6, 6.07) is 0.457. The van der Waals surface area contributed by atoms with Crippen LogP contribution in [0.5, 0.6) is 0 Å². The van der Waals surface area contributed by atoms with Gasteiger partial charge in [-0.1, -0.05) is 13.8 Å². The van der Waals surface area contributed by atoms with Gasteiger partial charge >= 0.3 is 0 Å². The topological polar surface area (TPSA) is 47.3 Å². The molecule has 0 aromatic carbocycles. The zero-order valence-corrected chi connectivity index (χ0v) is 12.2. The lowest BCUT2D eigenvalue weighted by atomic mass is 9.84. The van der Waals surface area contributed by atoms with E-state index in [-0.39, 0.29) is 0 Å². The van der Waals surface area contributed by atoms with Crippen molar-refractivity contribution in [2.45, 2.75) is 45.6 Å². The molecule has 0 aromatic rings. The molecule has 2 aliphatic carbocycles. The van der Waals surface area contributed by atoms with Crippen molar-refractivity contribution in [3.63, 3.8) is 0 Å². The second kappa shape index (κ2) is 5.89. The lowest BCUT2D eigenvalue weighted by Crippen LogP contribution is -2.43. The molecule has 3 nitrogen and oxygen atoms in total. The van der Waals surface area contributed by atoms with E-state index in [4.69, 9.17) is 10.5 Å². The summed E-state index contributed by atoms with van der Waals surface area (Å²) in [5.74, 6) is 2.45. The van der Waals surface area contributed by atoms with Crippen LogP contribution in [0.15, 0.2) is 0 Å². The van der Waals surface area contributed by atoms with Gasteiger partial charge in [-0.15, -0.1) is 0 Å². The molecule has 0 saturated heterocycles. The molecular weight excluding hydrogens is 224 g/mol. The summed E-state index contributed by atoms with van der Waals surface area (Å²) >= 11 is 0. The van der Waals surface area contributed by atoms with Crippen molar-refractivity contribution < 1.29 is 4.74 Å². The average Bonchev–Trinajstić information content (AvgIpc) is 2.90. The molecule has 0 amide bonds. The van der Waals surface area contributed by atoms with E-state index in [1.54, 1.807) is 7.11 Å². The van der Waals surface area contributed by atoms with Crippen molar-refractivity contribution in [3.8, 4) is 0 Å². The van der Waals surface area contributed by atoms with Gasteiger partial charge in [0.2, 0.25) is 0 Å². The molecule has 0 aliphatic heterocycles. The van der Waals surface area contributed by atoms with Crippen LogP contribution in [0.3, 0.4) is 0 Å². The van der Waals surface area contributed by atoms with Gasteiger partial charge < -0.3 is 15.8 Å². The summed E-state index contributed by atoms with van der Waals surface area (Å²) in [7, 11) is 1.78. The monoisotopic (exact) mass is 254 g/mol. The van der Waals surface area contributed by atoms with Gasteiger partial charge in [-0.3, -0.25) is 0 Å². The van der Waals surface area contributed by atoms with Gasteiger partial charge in [-0.2, -0.15) is 0 Å². The lowest BCUT2D eigenvalue weighted by molar-refractivity contribution is 0.148. The fourth-order valence-corrected chi connectivity index (χ4v) is 3.80. The van der Waals surface area contributed by atoms with E-state index < -0.39 is 0 Å². The summed E-state index contributed by atoms with van der Waals surface area (Å²) in [6.07, 6.45) is 5.29. The molecule has 4 atom stereocenters. The first kappa shape index (κ1) is 14.3. The van der Waals surface area contributed by atoms with E-state index in [9.17, 15) is 0 Å². The van der Waals surface area contributed by atoms with Gasteiger partial charge in [0, 0.05) is 26.3 Å². The van der Waals surface area contributed by atoms with Gasteiger partial charge in [-0.05, 0) is 55.4 Å². The molecule has 2 aliphatic rings. The Morgan fingerprint density at radius 2 is 2.00 bits per heavy atom. The fourth-order valence-electron chi connectivity index (χ4n) is 3.80. The molecule has 18 heavy (non-hydrogen) atoms. The van der Waals surface area contributed by atoms with Gasteiger partial charge in [0.05, 0.1) is 0 Å². The first-order chi connectivity index (χ1) is 8.53. The zero-order chi connectivity index (χ0) is 13.2. The molecule has 2 rings (SSSR count). The Labute approximate surface area is 112 Å². The summed E-state index contributed by atoms with van der Waals surface area (Å²) in [5, 5.41) is 3.66. The number of methoxy groups -OCH3 is 1. The molecule has 0 heterocycles. The highest BCUT2D eigenvalue weighted by molar-refractivity contribution is 4.99. The summed E-state index contributed by atoms with van der Waals surface area (Å²) in [5.41, 5.74) is 6.65. The minimum atomic E-state index is 0.317. The normalized spacial score (nSPS) is 35.3. The van der Waals surface area contributed by atoms with Crippen molar-refractivity contribution in [1.82, 2.24) is 5.32 Å². The second-order valence-corrected chi connectivity index (χ2v) is 7.11. The number of ether oxygens (including phenoxy) is 1. The number of hydrogen-bond acceptors (Lipinski definition) is 3. The fraction of sp³-hybridized carbons (Fsp3) is 1.00. The zero-order valence-electron chi connectivity index (χ0n) is 12.2. The molecule has 3 N–H and O–H groups in total. The maximum absolute atomic E-state index is 6.33. The minimum absolute atomic E-state index is 0.317. The largest absolute Gasteiger partial charge is 0.385 e. The Morgan fingerprint density at radius 3 is 2.61 bits per heavy atom. The maximum atomic E-state index is 6.33. The van der Waals surface area contributed by atoms with Gasteiger partial charge in [-0.25, -0.2) is 0 Å². The van der Waals surface area contributed by atoms with Crippen molar-refractivity contribution in [1.29, 1.82) is 0 Å². The second-order valence-electron chi connectivity index (χ2n) is 7.11. The van der Waals surface area contributed by atoms with E-state index >= 15 is 0 Å². The number of hydrogen-bond donors (Lipinski definition) is 2. The van der Waals surface area contributed by atoms with Gasteiger partial charge in [0.25, 0.3) is 0 Å². The van der Waals surface area contributed by atoms with E-state index in [0.29, 0.717) is 11.5 Å². The third-order valence-electron chi connectivity index (χ3n) is 5.12. The Hall–Kier alpha value is -0.120. The number of rotatable bonds is 7. The van der Waals surface area contributed by atoms with Crippen LogP contribution in [0.25, 0.3) is 0 Å². The molecule has 2 saturated carbocycles. The number of fused-ring (bicyclic) bond motifs is 2. The molecule has 0 radical (unpaired) electrons. The highest BCUT2D eigenvalue weighted by Gasteiger charge is 2.45. The Balaban J connectivity index is 1.69. The van der Waals surface area contributed by atoms with Crippen molar-refractivity contribution >= 4 is 0 Å². The van der Waals surface area contributed by atoms with Crippen LogP contribution < -0.4 is 11.1 Å². The Kier molecular flexibility index (Phi) is 4.68. The van der Waals surface area contributed by atoms with Crippen LogP contribution in [0.1, 0.15) is 39.5 Å². The highest BCUT2D eigenvalue weighted by atomic mass is 16.5. The van der Waals surface area contributed by atoms with E-state index in [0.717, 1.165) is 43.9 Å². The molecule has 0 spiro atoms. The molecule has 2 bridgehead atoms. The third kappa shape index (κ3) is 3.25. The van der Waals surface area contributed by atoms with Crippen LogP contribution in [-0.4, -0.2) is 32.8 Å². The van der Waals surface area contributed by atoms with Crippen LogP contribution in [0.2, 0.25) is 0 Å². The number of nitrogens with one attached hydrogen (secondary N) is 1. The van der Waals surface area contributed by atoms with E-state index in [1.807, 2.05) is 0 Å². The van der Waals surface area contributed by atoms with Gasteiger partial charge in [0.15, 0.2) is 0 Å². The van der Waals surface area contributed by atoms with Crippen LogP contribution in [0, 0.1) is 23.2 Å². The van der Waals surface area contributed by atoms with Crippen molar-refractivity contribution in [2.24, 2.45) is 28.9 Å². The third-order valence-corrected chi connectivity index (χ3v) is 5.12. The standard InChI is InChI=1S/C15H30N2O/c1-15(2,6-7-18-3)10-17-9-13-11-4-5-12(8-11)14(13)16/h11-14,17H,4-10,16H2,1-3H3. The van der Waals surface area contributed by atoms with E-state index in [1.165, 1.54) is 19.3 Å². The van der Waals surface area contributed by atoms with Crippen molar-refractivity contribution in [3.05, 3.63) is 0 Å². The van der Waals surface area contributed by atoms with Crippen molar-refractivity contribution in [2.75, 3.05) is 26.8 Å². The highest BCUT2D eigenvalue weighted by Crippen LogP contribution is 2.47. The SMILES string of the molecule is COCCC(C)(C)CNCC1C2CCC(C2)C1N. The smallest absolute Gasteiger partial charge is 0.0467 e. The average molecular weight is 254 g/mol. The first-order valence-electron chi connectivity index (χ1n) is 7.49. The van der Waals surface area contributed by atoms with Crippen LogP contribution in [-0.2, 0) is 4.74 Å². The van der Waals surface area contributed by atoms with Crippen LogP contribution in [0.4, 0.5) is 0 Å². The molecule has 3 heteroatoms. The molecule has 106 valence electrons. The summed E-state index contributed by atoms with van der Waals surface area (Å²) in [4.78, 5) is 0. The Bertz CT molecular complexity index is 265. The van der Waals surface area contributed by atoms with E-state index in [2.05, 4.69) is 19.2 Å². The summed E-state index contributed by atoms with van der Waals surface area (Å²) in [6.45, 7) is 7.64. The van der Waals surface area contributed by atoms with Crippen LogP contribution >= 0.6 is 0 Å². The molecular formula is C15H30N2O. The predicted molar refractivity (Wildman–Crippen MR) is 75.4 cm³/mol. The predicted octanol–water partition coefficient (Wildman–Crippen LogP) is 2.01. The molecule has 0 aromatic heterocycles. The van der Waals surface area contributed by atoms with Gasteiger partial charge in [0.1, 0.15) is 0 Å². The lowest BCUT2D eigenvalue weighted by Gasteiger charge is -2.31. The number of nitrogens with two attached hydrogens (primary N) is 1. The first-order valence-corrected chi connectivity index (χ1v) is 7.49. The Morgan fingerprint density at radius 1 is 1.28 bits per heavy atom. The quantitative estimate of drug-likeness (QED) is 0.730. The summed E-state index contributed by atoms with van der Waals surface area (Å²) < 4.78 is 5.17. The maximum Gasteiger partial charge on any atom is 0.0467 e. The molecule has 4 unspecified atom stereocenters. The minimum Gasteiger partial charge on any atom is -0.385 e.